The van der Waals surface area contributed by atoms with Crippen LogP contribution in [0.5, 0.6) is 0 Å². The summed E-state index contributed by atoms with van der Waals surface area (Å²) in [6, 6.07) is 10.6. The van der Waals surface area contributed by atoms with Gasteiger partial charge in [0.25, 0.3) is 5.89 Å². The van der Waals surface area contributed by atoms with Crippen LogP contribution in [0.25, 0.3) is 11.5 Å². The lowest BCUT2D eigenvalue weighted by molar-refractivity contribution is 0.418. The van der Waals surface area contributed by atoms with E-state index in [1.807, 2.05) is 30.8 Å². The van der Waals surface area contributed by atoms with Crippen LogP contribution in [0.3, 0.4) is 0 Å². The maximum Gasteiger partial charge on any atom is 0.257 e. The Kier molecular flexibility index (Phi) is 6.33. The number of nitrogens with zero attached hydrogens (tertiary/aromatic N) is 4. The molecule has 7 heteroatoms. The van der Waals surface area contributed by atoms with E-state index in [0.29, 0.717) is 11.9 Å². The third-order valence-electron chi connectivity index (χ3n) is 4.09. The molecule has 0 fully saturated rings. The zero-order chi connectivity index (χ0) is 17.1. The van der Waals surface area contributed by atoms with Gasteiger partial charge in [-0.2, -0.15) is 10.1 Å². The van der Waals surface area contributed by atoms with Crippen molar-refractivity contribution in [3.8, 4) is 11.5 Å². The Balaban J connectivity index is 0.00000225. The van der Waals surface area contributed by atoms with E-state index in [9.17, 15) is 0 Å². The van der Waals surface area contributed by atoms with Gasteiger partial charge < -0.3 is 9.84 Å². The average Bonchev–Trinajstić information content (AvgIpc) is 3.15. The fourth-order valence-corrected chi connectivity index (χ4v) is 2.59. The van der Waals surface area contributed by atoms with E-state index < -0.39 is 0 Å². The monoisotopic (exact) mass is 361 g/mol. The van der Waals surface area contributed by atoms with E-state index in [1.54, 1.807) is 0 Å². The summed E-state index contributed by atoms with van der Waals surface area (Å²) < 4.78 is 7.38. The Hall–Kier alpha value is -2.18. The van der Waals surface area contributed by atoms with Crippen LogP contribution in [0.15, 0.2) is 34.9 Å². The highest BCUT2D eigenvalue weighted by Crippen LogP contribution is 2.19. The largest absolute Gasteiger partial charge is 0.334 e. The number of nitrogens with one attached hydrogen (secondary N) is 1. The molecule has 1 atom stereocenters. The molecule has 3 rings (SSSR count). The van der Waals surface area contributed by atoms with Crippen molar-refractivity contribution in [1.82, 2.24) is 25.2 Å². The Bertz CT molecular complexity index is 809. The quantitative estimate of drug-likeness (QED) is 0.730. The molecule has 0 spiro atoms. The second kappa shape index (κ2) is 8.27. The van der Waals surface area contributed by atoms with E-state index in [0.717, 1.165) is 35.7 Å². The number of hydrogen-bond acceptors (Lipinski definition) is 5. The molecule has 0 aliphatic rings. The Morgan fingerprint density at radius 1 is 1.20 bits per heavy atom. The smallest absolute Gasteiger partial charge is 0.257 e. The van der Waals surface area contributed by atoms with Gasteiger partial charge in [0.05, 0.1) is 12.2 Å². The summed E-state index contributed by atoms with van der Waals surface area (Å²) >= 11 is 0. The Morgan fingerprint density at radius 2 is 1.92 bits per heavy atom. The first-order valence-corrected chi connectivity index (χ1v) is 8.15. The normalized spacial score (nSPS) is 12.0. The number of likely N-dealkylation sites (N-methyl/N-ethyl adjacent to an activating group) is 1. The molecule has 134 valence electrons. The van der Waals surface area contributed by atoms with Gasteiger partial charge in [-0.15, -0.1) is 12.4 Å². The first kappa shape index (κ1) is 19.1. The molecule has 25 heavy (non-hydrogen) atoms. The minimum Gasteiger partial charge on any atom is -0.334 e. The van der Waals surface area contributed by atoms with Crippen LogP contribution in [-0.4, -0.2) is 33.0 Å². The molecule has 0 aliphatic heterocycles. The highest BCUT2D eigenvalue weighted by atomic mass is 35.5. The van der Waals surface area contributed by atoms with Crippen LogP contribution >= 0.6 is 12.4 Å². The third kappa shape index (κ3) is 4.67. The molecule has 0 radical (unpaired) electrons. The zero-order valence-corrected chi connectivity index (χ0v) is 15.8. The number of aromatic nitrogens is 4. The first-order chi connectivity index (χ1) is 11.5. The van der Waals surface area contributed by atoms with Gasteiger partial charge in [0.15, 0.2) is 5.82 Å². The summed E-state index contributed by atoms with van der Waals surface area (Å²) in [5.41, 5.74) is 4.33. The van der Waals surface area contributed by atoms with Crippen molar-refractivity contribution >= 4 is 12.4 Å². The second-order valence-corrected chi connectivity index (χ2v) is 6.19. The lowest BCUT2D eigenvalue weighted by Gasteiger charge is -2.05. The number of hydrogen-bond donors (Lipinski definition) is 1. The van der Waals surface area contributed by atoms with Gasteiger partial charge in [0.2, 0.25) is 0 Å². The molecule has 6 nitrogen and oxygen atoms in total. The van der Waals surface area contributed by atoms with Crippen molar-refractivity contribution in [3.63, 3.8) is 0 Å². The summed E-state index contributed by atoms with van der Waals surface area (Å²) in [5.74, 6) is 1.28. The van der Waals surface area contributed by atoms with Gasteiger partial charge in [-0.1, -0.05) is 17.3 Å². The fourth-order valence-electron chi connectivity index (χ4n) is 2.59. The molecule has 0 saturated carbocycles. The average molecular weight is 362 g/mol. The molecule has 1 N–H and O–H groups in total. The van der Waals surface area contributed by atoms with E-state index in [1.165, 1.54) is 5.56 Å². The van der Waals surface area contributed by atoms with Crippen LogP contribution in [0, 0.1) is 13.8 Å². The molecule has 3 aromatic rings. The van der Waals surface area contributed by atoms with Crippen molar-refractivity contribution in [1.29, 1.82) is 0 Å². The predicted molar refractivity (Wildman–Crippen MR) is 100 cm³/mol. The van der Waals surface area contributed by atoms with Gasteiger partial charge in [-0.25, -0.2) is 0 Å². The van der Waals surface area contributed by atoms with Crippen LogP contribution in [-0.2, 0) is 13.0 Å². The first-order valence-electron chi connectivity index (χ1n) is 8.15. The number of rotatable bonds is 6. The van der Waals surface area contributed by atoms with Gasteiger partial charge in [-0.3, -0.25) is 4.68 Å². The number of aryl methyl sites for hydroxylation is 2. The lowest BCUT2D eigenvalue weighted by atomic mass is 10.1. The van der Waals surface area contributed by atoms with E-state index >= 15 is 0 Å². The van der Waals surface area contributed by atoms with Crippen LogP contribution in [0.4, 0.5) is 0 Å². The van der Waals surface area contributed by atoms with E-state index in [4.69, 9.17) is 4.52 Å². The standard InChI is InChI=1S/C18H23N5O.ClH/c1-12(19-4)10-17-20-18(24-22-17)16-7-5-15(6-8-16)11-23-14(3)9-13(2)21-23;/h5-9,12,19H,10-11H2,1-4H3;1H. The van der Waals surface area contributed by atoms with Crippen molar-refractivity contribution in [3.05, 3.63) is 53.1 Å². The molecule has 0 saturated heterocycles. The van der Waals surface area contributed by atoms with Gasteiger partial charge in [0.1, 0.15) is 0 Å². The molecular weight excluding hydrogens is 338 g/mol. The maximum atomic E-state index is 5.37. The van der Waals surface area contributed by atoms with Crippen LogP contribution in [0.1, 0.15) is 29.7 Å². The summed E-state index contributed by atoms with van der Waals surface area (Å²) in [7, 11) is 1.92. The van der Waals surface area contributed by atoms with Crippen molar-refractivity contribution in [2.24, 2.45) is 0 Å². The fraction of sp³-hybridized carbons (Fsp3) is 0.389. The molecule has 0 bridgehead atoms. The molecular formula is C18H24ClN5O. The minimum absolute atomic E-state index is 0. The molecule has 1 aromatic carbocycles. The minimum atomic E-state index is 0. The van der Waals surface area contributed by atoms with Gasteiger partial charge in [0, 0.05) is 23.7 Å². The Labute approximate surface area is 154 Å². The topological polar surface area (TPSA) is 68.8 Å². The summed E-state index contributed by atoms with van der Waals surface area (Å²) in [4.78, 5) is 4.46. The summed E-state index contributed by atoms with van der Waals surface area (Å²) in [6.07, 6.45) is 0.746. The second-order valence-electron chi connectivity index (χ2n) is 6.19. The van der Waals surface area contributed by atoms with Gasteiger partial charge >= 0.3 is 0 Å². The highest BCUT2D eigenvalue weighted by Gasteiger charge is 2.11. The number of benzene rings is 1. The van der Waals surface area contributed by atoms with Crippen molar-refractivity contribution < 1.29 is 4.52 Å². The number of halogens is 1. The predicted octanol–water partition coefficient (Wildman–Crippen LogP) is 3.17. The summed E-state index contributed by atoms with van der Waals surface area (Å²) in [5, 5.41) is 11.7. The molecule has 0 aliphatic carbocycles. The molecule has 2 aromatic heterocycles. The van der Waals surface area contributed by atoms with Crippen LogP contribution < -0.4 is 5.32 Å². The van der Waals surface area contributed by atoms with E-state index in [-0.39, 0.29) is 12.4 Å². The maximum absolute atomic E-state index is 5.37. The van der Waals surface area contributed by atoms with E-state index in [2.05, 4.69) is 52.6 Å². The zero-order valence-electron chi connectivity index (χ0n) is 15.0. The SMILES string of the molecule is CNC(C)Cc1noc(-c2ccc(Cn3nc(C)cc3C)cc2)n1.Cl. The van der Waals surface area contributed by atoms with Crippen LogP contribution in [0.2, 0.25) is 0 Å². The highest BCUT2D eigenvalue weighted by molar-refractivity contribution is 5.85. The summed E-state index contributed by atoms with van der Waals surface area (Å²) in [6.45, 7) is 6.92. The molecule has 2 heterocycles. The third-order valence-corrected chi connectivity index (χ3v) is 4.09. The van der Waals surface area contributed by atoms with Crippen molar-refractivity contribution in [2.45, 2.75) is 39.8 Å². The molecule has 0 amide bonds. The van der Waals surface area contributed by atoms with Gasteiger partial charge in [-0.05, 0) is 51.6 Å². The van der Waals surface area contributed by atoms with Crippen molar-refractivity contribution in [2.75, 3.05) is 7.05 Å². The lowest BCUT2D eigenvalue weighted by Crippen LogP contribution is -2.24. The Morgan fingerprint density at radius 3 is 2.52 bits per heavy atom. The molecule has 1 unspecified atom stereocenters.